The first kappa shape index (κ1) is 24.0. The number of thiazole rings is 1. The molecule has 0 spiro atoms. The van der Waals surface area contributed by atoms with Gasteiger partial charge in [0.25, 0.3) is 5.91 Å². The Morgan fingerprint density at radius 2 is 1.85 bits per heavy atom. The first-order valence-corrected chi connectivity index (χ1v) is 10.3. The van der Waals surface area contributed by atoms with Crippen LogP contribution in [0.5, 0.6) is 5.75 Å². The average Bonchev–Trinajstić information content (AvgIpc) is 3.22. The molecule has 33 heavy (non-hydrogen) atoms. The number of fused-ring (bicyclic) bond motifs is 1. The molecule has 0 unspecified atom stereocenters. The third kappa shape index (κ3) is 5.39. The van der Waals surface area contributed by atoms with Crippen LogP contribution in [-0.2, 0) is 15.2 Å². The van der Waals surface area contributed by atoms with Crippen molar-refractivity contribution in [2.75, 3.05) is 0 Å². The highest BCUT2D eigenvalue weighted by Gasteiger charge is 2.58. The molecule has 3 N–H and O–H groups in total. The number of amides is 2. The summed E-state index contributed by atoms with van der Waals surface area (Å²) in [6.45, 7) is 1.35. The Morgan fingerprint density at radius 1 is 1.18 bits per heavy atom. The second-order valence-electron chi connectivity index (χ2n) is 6.96. The second-order valence-corrected chi connectivity index (χ2v) is 7.99. The standard InChI is InChI=1S/C21H17F3N4O4S/c1-12(32-14-8-6-13(11-25)7-9-14)18(30)28-27-17(29)10-20(31,21(22,23)24)19-26-15-4-2-3-5-16(15)33-19/h2-9,12,31H,10H2,1H3,(H,27,29)(H,28,30)/t12-,20-/m1/s1. The number of hydrogen-bond acceptors (Lipinski definition) is 7. The number of carbonyl (C=O) groups excluding carboxylic acids is 2. The Labute approximate surface area is 189 Å². The summed E-state index contributed by atoms with van der Waals surface area (Å²) < 4.78 is 46.9. The number of nitriles is 1. The van der Waals surface area contributed by atoms with Crippen LogP contribution in [0.4, 0.5) is 13.2 Å². The van der Waals surface area contributed by atoms with Gasteiger partial charge in [0.05, 0.1) is 28.3 Å². The number of hydrogen-bond donors (Lipinski definition) is 3. The lowest BCUT2D eigenvalue weighted by Gasteiger charge is -2.27. The van der Waals surface area contributed by atoms with Gasteiger partial charge in [0.2, 0.25) is 11.5 Å². The Morgan fingerprint density at radius 3 is 2.45 bits per heavy atom. The molecule has 8 nitrogen and oxygen atoms in total. The van der Waals surface area contributed by atoms with Crippen molar-refractivity contribution < 1.29 is 32.6 Å². The molecule has 12 heteroatoms. The monoisotopic (exact) mass is 478 g/mol. The smallest absolute Gasteiger partial charge is 0.424 e. The van der Waals surface area contributed by atoms with E-state index in [4.69, 9.17) is 10.00 Å². The summed E-state index contributed by atoms with van der Waals surface area (Å²) in [4.78, 5) is 28.1. The maximum absolute atomic E-state index is 13.7. The largest absolute Gasteiger partial charge is 0.481 e. The number of halogens is 3. The van der Waals surface area contributed by atoms with Crippen LogP contribution in [0.2, 0.25) is 0 Å². The lowest BCUT2D eigenvalue weighted by molar-refractivity contribution is -0.267. The minimum Gasteiger partial charge on any atom is -0.481 e. The summed E-state index contributed by atoms with van der Waals surface area (Å²) >= 11 is 0.618. The Hall–Kier alpha value is -3.69. The van der Waals surface area contributed by atoms with Crippen LogP contribution >= 0.6 is 11.3 Å². The van der Waals surface area contributed by atoms with E-state index in [1.807, 2.05) is 16.9 Å². The van der Waals surface area contributed by atoms with E-state index in [9.17, 15) is 27.9 Å². The van der Waals surface area contributed by atoms with Crippen molar-refractivity contribution in [2.45, 2.75) is 31.2 Å². The molecular weight excluding hydrogens is 461 g/mol. The SMILES string of the molecule is C[C@@H](Oc1ccc(C#N)cc1)C(=O)NNC(=O)C[C@@](O)(c1nc2ccccc2s1)C(F)(F)F. The molecule has 1 heterocycles. The lowest BCUT2D eigenvalue weighted by Crippen LogP contribution is -2.51. The van der Waals surface area contributed by atoms with E-state index in [0.717, 1.165) is 0 Å². The van der Waals surface area contributed by atoms with Crippen LogP contribution in [0.25, 0.3) is 10.2 Å². The van der Waals surface area contributed by atoms with Gasteiger partial charge in [0.15, 0.2) is 6.10 Å². The fourth-order valence-corrected chi connectivity index (χ4v) is 3.80. The Kier molecular flexibility index (Phi) is 6.85. The number of aromatic nitrogens is 1. The summed E-state index contributed by atoms with van der Waals surface area (Å²) in [6, 6.07) is 14.0. The van der Waals surface area contributed by atoms with E-state index in [1.54, 1.807) is 18.2 Å². The van der Waals surface area contributed by atoms with E-state index >= 15 is 0 Å². The van der Waals surface area contributed by atoms with E-state index in [2.05, 4.69) is 4.98 Å². The zero-order chi connectivity index (χ0) is 24.2. The first-order valence-electron chi connectivity index (χ1n) is 9.44. The molecule has 0 radical (unpaired) electrons. The van der Waals surface area contributed by atoms with E-state index in [0.29, 0.717) is 21.6 Å². The van der Waals surface area contributed by atoms with Gasteiger partial charge in [-0.05, 0) is 43.3 Å². The number of ether oxygens (including phenoxy) is 1. The zero-order valence-electron chi connectivity index (χ0n) is 17.0. The number of nitrogens with one attached hydrogen (secondary N) is 2. The minimum absolute atomic E-state index is 0.252. The summed E-state index contributed by atoms with van der Waals surface area (Å²) in [5, 5.41) is 18.5. The highest BCUT2D eigenvalue weighted by molar-refractivity contribution is 7.18. The fraction of sp³-hybridized carbons (Fsp3) is 0.238. The van der Waals surface area contributed by atoms with Gasteiger partial charge in [-0.1, -0.05) is 12.1 Å². The van der Waals surface area contributed by atoms with Crippen LogP contribution in [0.3, 0.4) is 0 Å². The van der Waals surface area contributed by atoms with Gasteiger partial charge in [-0.3, -0.25) is 20.4 Å². The third-order valence-corrected chi connectivity index (χ3v) is 5.71. The molecule has 2 amide bonds. The van der Waals surface area contributed by atoms with Crippen LogP contribution < -0.4 is 15.6 Å². The van der Waals surface area contributed by atoms with Crippen molar-refractivity contribution in [1.82, 2.24) is 15.8 Å². The molecule has 3 aromatic rings. The van der Waals surface area contributed by atoms with Crippen molar-refractivity contribution in [1.29, 1.82) is 5.26 Å². The molecule has 0 saturated carbocycles. The molecule has 0 aliphatic rings. The third-order valence-electron chi connectivity index (χ3n) is 4.52. The maximum atomic E-state index is 13.7. The number of nitrogens with zero attached hydrogens (tertiary/aromatic N) is 2. The molecule has 2 aromatic carbocycles. The van der Waals surface area contributed by atoms with E-state index in [-0.39, 0.29) is 11.3 Å². The van der Waals surface area contributed by atoms with Gasteiger partial charge in [-0.15, -0.1) is 11.3 Å². The molecule has 172 valence electrons. The van der Waals surface area contributed by atoms with E-state index < -0.39 is 41.1 Å². The number of alkyl halides is 3. The Bertz CT molecular complexity index is 1170. The van der Waals surface area contributed by atoms with Gasteiger partial charge >= 0.3 is 6.18 Å². The van der Waals surface area contributed by atoms with Gasteiger partial charge in [-0.25, -0.2) is 4.98 Å². The van der Waals surface area contributed by atoms with Crippen molar-refractivity contribution in [3.05, 3.63) is 59.1 Å². The minimum atomic E-state index is -5.20. The number of rotatable bonds is 6. The molecule has 0 fully saturated rings. The number of benzene rings is 2. The van der Waals surface area contributed by atoms with Gasteiger partial charge in [-0.2, -0.15) is 18.4 Å². The van der Waals surface area contributed by atoms with Gasteiger partial charge in [0.1, 0.15) is 10.8 Å². The number of para-hydroxylation sites is 1. The molecule has 0 saturated heterocycles. The molecule has 0 aliphatic heterocycles. The normalized spacial score (nSPS) is 14.1. The van der Waals surface area contributed by atoms with Gasteiger partial charge < -0.3 is 9.84 Å². The van der Waals surface area contributed by atoms with Crippen molar-refractivity contribution >= 4 is 33.4 Å². The molecule has 0 aliphatic carbocycles. The Balaban J connectivity index is 1.64. The molecule has 3 rings (SSSR count). The number of hydrazine groups is 1. The summed E-state index contributed by atoms with van der Waals surface area (Å²) in [7, 11) is 0. The summed E-state index contributed by atoms with van der Waals surface area (Å²) in [6.07, 6.45) is -7.74. The number of carbonyl (C=O) groups is 2. The predicted octanol–water partition coefficient (Wildman–Crippen LogP) is 2.92. The highest BCUT2D eigenvalue weighted by Crippen LogP contribution is 2.44. The maximum Gasteiger partial charge on any atom is 0.424 e. The van der Waals surface area contributed by atoms with Crippen LogP contribution in [0, 0.1) is 11.3 Å². The predicted molar refractivity (Wildman–Crippen MR) is 112 cm³/mol. The quantitative estimate of drug-likeness (QED) is 0.468. The first-order chi connectivity index (χ1) is 15.5. The fourth-order valence-electron chi connectivity index (χ4n) is 2.72. The summed E-state index contributed by atoms with van der Waals surface area (Å²) in [5.41, 5.74) is 0.913. The molecule has 1 aromatic heterocycles. The second kappa shape index (κ2) is 9.43. The molecule has 2 atom stereocenters. The summed E-state index contributed by atoms with van der Waals surface area (Å²) in [5.74, 6) is -1.86. The average molecular weight is 478 g/mol. The van der Waals surface area contributed by atoms with Crippen LogP contribution in [0.15, 0.2) is 48.5 Å². The van der Waals surface area contributed by atoms with Crippen molar-refractivity contribution in [2.24, 2.45) is 0 Å². The molecular formula is C21H17F3N4O4S. The topological polar surface area (TPSA) is 124 Å². The lowest BCUT2D eigenvalue weighted by atomic mass is 9.99. The van der Waals surface area contributed by atoms with Crippen LogP contribution in [-0.4, -0.2) is 34.2 Å². The zero-order valence-corrected chi connectivity index (χ0v) is 17.8. The molecule has 0 bridgehead atoms. The highest BCUT2D eigenvalue weighted by atomic mass is 32.1. The number of aliphatic hydroxyl groups is 1. The van der Waals surface area contributed by atoms with Gasteiger partial charge in [0, 0.05) is 0 Å². The van der Waals surface area contributed by atoms with E-state index in [1.165, 1.54) is 37.3 Å². The van der Waals surface area contributed by atoms with Crippen molar-refractivity contribution in [3.63, 3.8) is 0 Å². The van der Waals surface area contributed by atoms with Crippen LogP contribution in [0.1, 0.15) is 23.9 Å². The van der Waals surface area contributed by atoms with Crippen molar-refractivity contribution in [3.8, 4) is 11.8 Å².